The van der Waals surface area contributed by atoms with Gasteiger partial charge in [0.2, 0.25) is 0 Å². The Kier molecular flexibility index (Phi) is 5.93. The molecule has 176 valence electrons. The van der Waals surface area contributed by atoms with Crippen molar-refractivity contribution >= 4 is 28.0 Å². The van der Waals surface area contributed by atoms with Crippen LogP contribution in [0.5, 0.6) is 5.75 Å². The number of carbonyl (C=O) groups is 1. The van der Waals surface area contributed by atoms with Gasteiger partial charge < -0.3 is 18.3 Å². The van der Waals surface area contributed by atoms with Gasteiger partial charge in [-0.1, -0.05) is 24.3 Å². The van der Waals surface area contributed by atoms with E-state index in [0.29, 0.717) is 28.0 Å². The average molecular weight is 471 g/mol. The summed E-state index contributed by atoms with van der Waals surface area (Å²) in [5.41, 5.74) is 3.29. The van der Waals surface area contributed by atoms with Crippen LogP contribution in [0.15, 0.2) is 91.2 Å². The van der Waals surface area contributed by atoms with Crippen molar-refractivity contribution in [2.75, 3.05) is 6.61 Å². The summed E-state index contributed by atoms with van der Waals surface area (Å²) in [6.07, 6.45) is 0. The molecule has 0 aliphatic heterocycles. The van der Waals surface area contributed by atoms with Gasteiger partial charge in [-0.05, 0) is 54.4 Å². The standard InChI is InChI=1S/C27H21NO7/c1-17-14-25(29)34-24-15-20(10-11-21(17)24)33-16-18-6-8-19(9-7-18)26(30)32-13-12-28-22-4-2-3-5-23(22)35-27(28)31/h2-11,14-15H,12-13,16H2,1H3. The lowest BCUT2D eigenvalue weighted by Crippen LogP contribution is -2.19. The second kappa shape index (κ2) is 9.34. The lowest BCUT2D eigenvalue weighted by atomic mass is 10.1. The number of esters is 1. The summed E-state index contributed by atoms with van der Waals surface area (Å²) in [6, 6.07) is 20.7. The molecule has 0 aliphatic carbocycles. The SMILES string of the molecule is Cc1cc(=O)oc2cc(OCc3ccc(C(=O)OCCn4c(=O)oc5ccccc54)cc3)ccc12. The third kappa shape index (κ3) is 4.72. The Hall–Kier alpha value is -4.59. The van der Waals surface area contributed by atoms with E-state index in [1.807, 2.05) is 25.1 Å². The molecule has 35 heavy (non-hydrogen) atoms. The maximum atomic E-state index is 12.4. The van der Waals surface area contributed by atoms with E-state index in [2.05, 4.69) is 0 Å². The van der Waals surface area contributed by atoms with Gasteiger partial charge in [0, 0.05) is 17.5 Å². The predicted molar refractivity (Wildman–Crippen MR) is 129 cm³/mol. The molecule has 5 aromatic rings. The lowest BCUT2D eigenvalue weighted by molar-refractivity contribution is 0.0490. The van der Waals surface area contributed by atoms with Crippen LogP contribution in [0.2, 0.25) is 0 Å². The van der Waals surface area contributed by atoms with E-state index in [1.165, 1.54) is 10.6 Å². The molecule has 0 saturated carbocycles. The van der Waals surface area contributed by atoms with E-state index in [1.54, 1.807) is 48.5 Å². The van der Waals surface area contributed by atoms with Gasteiger partial charge in [-0.15, -0.1) is 0 Å². The van der Waals surface area contributed by atoms with Crippen molar-refractivity contribution in [3.05, 3.63) is 110 Å². The minimum absolute atomic E-state index is 0.0324. The zero-order valence-corrected chi connectivity index (χ0v) is 18.9. The highest BCUT2D eigenvalue weighted by Gasteiger charge is 2.11. The summed E-state index contributed by atoms with van der Waals surface area (Å²) in [4.78, 5) is 36.0. The molecular formula is C27H21NO7. The van der Waals surface area contributed by atoms with Crippen LogP contribution in [0, 0.1) is 6.92 Å². The highest BCUT2D eigenvalue weighted by molar-refractivity contribution is 5.89. The predicted octanol–water partition coefficient (Wildman–Crippen LogP) is 4.45. The molecule has 0 amide bonds. The van der Waals surface area contributed by atoms with Crippen molar-refractivity contribution in [3.8, 4) is 5.75 Å². The number of fused-ring (bicyclic) bond motifs is 2. The van der Waals surface area contributed by atoms with Crippen molar-refractivity contribution in [2.24, 2.45) is 0 Å². The number of oxazole rings is 1. The number of benzene rings is 3. The number of hydrogen-bond acceptors (Lipinski definition) is 7. The van der Waals surface area contributed by atoms with Crippen molar-refractivity contribution in [1.29, 1.82) is 0 Å². The van der Waals surface area contributed by atoms with Crippen molar-refractivity contribution in [1.82, 2.24) is 4.57 Å². The van der Waals surface area contributed by atoms with Crippen LogP contribution in [0.3, 0.4) is 0 Å². The van der Waals surface area contributed by atoms with Gasteiger partial charge in [-0.3, -0.25) is 4.57 Å². The fraction of sp³-hybridized carbons (Fsp3) is 0.148. The zero-order chi connectivity index (χ0) is 24.4. The number of ether oxygens (including phenoxy) is 2. The van der Waals surface area contributed by atoms with Crippen LogP contribution in [0.25, 0.3) is 22.1 Å². The smallest absolute Gasteiger partial charge is 0.420 e. The Morgan fingerprint density at radius 2 is 1.71 bits per heavy atom. The number of nitrogens with zero attached hydrogens (tertiary/aromatic N) is 1. The minimum atomic E-state index is -0.490. The maximum absolute atomic E-state index is 12.4. The number of hydrogen-bond donors (Lipinski definition) is 0. The molecule has 0 atom stereocenters. The molecule has 0 aliphatic rings. The molecule has 0 unspecified atom stereocenters. The number of rotatable bonds is 7. The number of para-hydroxylation sites is 2. The molecule has 3 aromatic carbocycles. The van der Waals surface area contributed by atoms with E-state index in [4.69, 9.17) is 18.3 Å². The topological polar surface area (TPSA) is 101 Å². The lowest BCUT2D eigenvalue weighted by Gasteiger charge is -2.09. The van der Waals surface area contributed by atoms with Gasteiger partial charge in [-0.25, -0.2) is 14.4 Å². The van der Waals surface area contributed by atoms with E-state index in [0.717, 1.165) is 16.5 Å². The fourth-order valence-corrected chi connectivity index (χ4v) is 3.84. The molecule has 5 rings (SSSR count). The first-order valence-electron chi connectivity index (χ1n) is 11.0. The summed E-state index contributed by atoms with van der Waals surface area (Å²) in [5, 5.41) is 0.852. The van der Waals surface area contributed by atoms with Crippen LogP contribution >= 0.6 is 0 Å². The van der Waals surface area contributed by atoms with E-state index in [9.17, 15) is 14.4 Å². The van der Waals surface area contributed by atoms with E-state index < -0.39 is 17.4 Å². The molecule has 0 N–H and O–H groups in total. The summed E-state index contributed by atoms with van der Waals surface area (Å²) in [5.74, 6) is -0.412. The second-order valence-electron chi connectivity index (χ2n) is 8.02. The molecular weight excluding hydrogens is 450 g/mol. The Labute approximate surface area is 198 Å². The maximum Gasteiger partial charge on any atom is 0.420 e. The third-order valence-electron chi connectivity index (χ3n) is 5.64. The number of carbonyl (C=O) groups excluding carboxylic acids is 1. The van der Waals surface area contributed by atoms with Crippen molar-refractivity contribution in [3.63, 3.8) is 0 Å². The van der Waals surface area contributed by atoms with Gasteiger partial charge in [0.15, 0.2) is 5.58 Å². The van der Waals surface area contributed by atoms with Crippen LogP contribution in [-0.4, -0.2) is 17.1 Å². The summed E-state index contributed by atoms with van der Waals surface area (Å²) in [6.45, 7) is 2.35. The Bertz CT molecular complexity index is 1640. The normalized spacial score (nSPS) is 11.1. The first kappa shape index (κ1) is 22.2. The van der Waals surface area contributed by atoms with Gasteiger partial charge >= 0.3 is 17.4 Å². The minimum Gasteiger partial charge on any atom is -0.489 e. The molecule has 0 spiro atoms. The van der Waals surface area contributed by atoms with Gasteiger partial charge in [0.25, 0.3) is 0 Å². The van der Waals surface area contributed by atoms with Gasteiger partial charge in [0.05, 0.1) is 17.6 Å². The molecule has 2 aromatic heterocycles. The molecule has 2 heterocycles. The third-order valence-corrected chi connectivity index (χ3v) is 5.64. The van der Waals surface area contributed by atoms with E-state index in [-0.39, 0.29) is 19.8 Å². The largest absolute Gasteiger partial charge is 0.489 e. The Balaban J connectivity index is 1.17. The van der Waals surface area contributed by atoms with Crippen LogP contribution in [0.1, 0.15) is 21.5 Å². The average Bonchev–Trinajstić information content (AvgIpc) is 3.17. The van der Waals surface area contributed by atoms with Crippen LogP contribution in [-0.2, 0) is 17.9 Å². The van der Waals surface area contributed by atoms with Crippen LogP contribution in [0.4, 0.5) is 0 Å². The van der Waals surface area contributed by atoms with Crippen LogP contribution < -0.4 is 16.1 Å². The number of aromatic nitrogens is 1. The Morgan fingerprint density at radius 1 is 0.914 bits per heavy atom. The summed E-state index contributed by atoms with van der Waals surface area (Å²) in [7, 11) is 0. The highest BCUT2D eigenvalue weighted by atomic mass is 16.5. The van der Waals surface area contributed by atoms with Crippen molar-refractivity contribution in [2.45, 2.75) is 20.1 Å². The first-order valence-corrected chi connectivity index (χ1v) is 11.0. The highest BCUT2D eigenvalue weighted by Crippen LogP contribution is 2.23. The zero-order valence-electron chi connectivity index (χ0n) is 18.9. The molecule has 8 nitrogen and oxygen atoms in total. The van der Waals surface area contributed by atoms with Crippen molar-refractivity contribution < 1.29 is 23.1 Å². The molecule has 0 bridgehead atoms. The molecule has 8 heteroatoms. The number of aryl methyl sites for hydroxylation is 1. The second-order valence-corrected chi connectivity index (χ2v) is 8.02. The quantitative estimate of drug-likeness (QED) is 0.255. The van der Waals surface area contributed by atoms with E-state index >= 15 is 0 Å². The molecule has 0 radical (unpaired) electrons. The monoisotopic (exact) mass is 471 g/mol. The molecule has 0 saturated heterocycles. The molecule has 0 fully saturated rings. The first-order chi connectivity index (χ1) is 17.0. The summed E-state index contributed by atoms with van der Waals surface area (Å²) >= 11 is 0. The summed E-state index contributed by atoms with van der Waals surface area (Å²) < 4.78 is 23.0. The Morgan fingerprint density at radius 3 is 2.54 bits per heavy atom. The van der Waals surface area contributed by atoms with Gasteiger partial charge in [-0.2, -0.15) is 0 Å². The van der Waals surface area contributed by atoms with Gasteiger partial charge in [0.1, 0.15) is 24.5 Å². The fourth-order valence-electron chi connectivity index (χ4n) is 3.84.